The van der Waals surface area contributed by atoms with Gasteiger partial charge in [-0.25, -0.2) is 0 Å². The molecule has 5 nitrogen and oxygen atoms in total. The van der Waals surface area contributed by atoms with E-state index in [0.29, 0.717) is 17.1 Å². The zero-order chi connectivity index (χ0) is 19.4. The first-order valence-electron chi connectivity index (χ1n) is 8.47. The van der Waals surface area contributed by atoms with Gasteiger partial charge in [-0.1, -0.05) is 17.7 Å². The molecule has 0 spiro atoms. The predicted octanol–water partition coefficient (Wildman–Crippen LogP) is 4.23. The van der Waals surface area contributed by atoms with E-state index in [1.54, 1.807) is 25.1 Å². The third kappa shape index (κ3) is 4.42. The van der Waals surface area contributed by atoms with Gasteiger partial charge in [0.15, 0.2) is 11.9 Å². The Morgan fingerprint density at radius 3 is 2.19 bits per heavy atom. The molecule has 0 aromatic heterocycles. The molecule has 0 aliphatic carbocycles. The van der Waals surface area contributed by atoms with Gasteiger partial charge in [0.25, 0.3) is 5.91 Å². The number of carbonyl (C=O) groups excluding carboxylic acids is 2. The van der Waals surface area contributed by atoms with Crippen molar-refractivity contribution < 1.29 is 19.1 Å². The van der Waals surface area contributed by atoms with Crippen molar-refractivity contribution in [1.29, 1.82) is 0 Å². The van der Waals surface area contributed by atoms with E-state index in [4.69, 9.17) is 9.47 Å². The van der Waals surface area contributed by atoms with E-state index >= 15 is 0 Å². The van der Waals surface area contributed by atoms with E-state index in [1.165, 1.54) is 14.0 Å². The molecule has 2 rings (SSSR count). The molecular formula is C21H25NO4. The molecule has 0 saturated carbocycles. The standard InChI is InChI=1S/C21H25NO4/c1-12-9-13(2)20(14(3)10-12)22-21(24)16(5)26-19-11-17(25-6)7-8-18(19)15(4)23/h7-11,16H,1-6H3,(H,22,24). The van der Waals surface area contributed by atoms with Crippen molar-refractivity contribution in [2.24, 2.45) is 0 Å². The molecule has 26 heavy (non-hydrogen) atoms. The van der Waals surface area contributed by atoms with Crippen LogP contribution in [0.5, 0.6) is 11.5 Å². The number of hydrogen-bond donors (Lipinski definition) is 1. The topological polar surface area (TPSA) is 64.6 Å². The van der Waals surface area contributed by atoms with Crippen LogP contribution >= 0.6 is 0 Å². The molecule has 5 heteroatoms. The number of ether oxygens (including phenoxy) is 2. The van der Waals surface area contributed by atoms with Crippen molar-refractivity contribution in [3.8, 4) is 11.5 Å². The summed E-state index contributed by atoms with van der Waals surface area (Å²) in [6.07, 6.45) is -0.777. The highest BCUT2D eigenvalue weighted by atomic mass is 16.5. The van der Waals surface area contributed by atoms with Crippen LogP contribution in [0, 0.1) is 20.8 Å². The van der Waals surface area contributed by atoms with Crippen LogP contribution < -0.4 is 14.8 Å². The van der Waals surface area contributed by atoms with Gasteiger partial charge in [0.05, 0.1) is 12.7 Å². The van der Waals surface area contributed by atoms with Crippen LogP contribution in [0.1, 0.15) is 40.9 Å². The van der Waals surface area contributed by atoms with Gasteiger partial charge in [-0.3, -0.25) is 9.59 Å². The first kappa shape index (κ1) is 19.5. The molecule has 0 aliphatic rings. The van der Waals surface area contributed by atoms with Crippen molar-refractivity contribution in [2.45, 2.75) is 40.7 Å². The first-order valence-corrected chi connectivity index (χ1v) is 8.47. The Hall–Kier alpha value is -2.82. The maximum Gasteiger partial charge on any atom is 0.265 e. The average Bonchev–Trinajstić information content (AvgIpc) is 2.57. The molecule has 1 atom stereocenters. The SMILES string of the molecule is COc1ccc(C(C)=O)c(OC(C)C(=O)Nc2c(C)cc(C)cc2C)c1. The molecule has 138 valence electrons. The van der Waals surface area contributed by atoms with Crippen LogP contribution in [0.25, 0.3) is 0 Å². The fraction of sp³-hybridized carbons (Fsp3) is 0.333. The summed E-state index contributed by atoms with van der Waals surface area (Å²) in [5, 5.41) is 2.92. The smallest absolute Gasteiger partial charge is 0.265 e. The molecule has 0 bridgehead atoms. The van der Waals surface area contributed by atoms with Gasteiger partial charge in [-0.15, -0.1) is 0 Å². The largest absolute Gasteiger partial charge is 0.497 e. The summed E-state index contributed by atoms with van der Waals surface area (Å²) < 4.78 is 11.0. The highest BCUT2D eigenvalue weighted by molar-refractivity contribution is 5.98. The Balaban J connectivity index is 2.21. The number of anilines is 1. The van der Waals surface area contributed by atoms with Gasteiger partial charge >= 0.3 is 0 Å². The summed E-state index contributed by atoms with van der Waals surface area (Å²) in [7, 11) is 1.53. The van der Waals surface area contributed by atoms with Crippen molar-refractivity contribution in [3.05, 3.63) is 52.6 Å². The molecule has 0 fully saturated rings. The Morgan fingerprint density at radius 2 is 1.65 bits per heavy atom. The number of Topliss-reactive ketones (excluding diaryl/α,β-unsaturated/α-hetero) is 1. The number of nitrogens with one attached hydrogen (secondary N) is 1. The summed E-state index contributed by atoms with van der Waals surface area (Å²) in [6, 6.07) is 8.97. The summed E-state index contributed by atoms with van der Waals surface area (Å²) in [5.74, 6) is 0.470. The van der Waals surface area contributed by atoms with Crippen molar-refractivity contribution in [1.82, 2.24) is 0 Å². The Morgan fingerprint density at radius 1 is 1.04 bits per heavy atom. The molecular weight excluding hydrogens is 330 g/mol. The third-order valence-electron chi connectivity index (χ3n) is 4.17. The number of rotatable bonds is 6. The molecule has 0 saturated heterocycles. The summed E-state index contributed by atoms with van der Waals surface area (Å²) in [5.41, 5.74) is 4.33. The lowest BCUT2D eigenvalue weighted by molar-refractivity contribution is -0.122. The van der Waals surface area contributed by atoms with Crippen LogP contribution in [-0.2, 0) is 4.79 Å². The lowest BCUT2D eigenvalue weighted by Gasteiger charge is -2.19. The molecule has 1 amide bonds. The van der Waals surface area contributed by atoms with E-state index < -0.39 is 6.10 Å². The Kier molecular flexibility index (Phi) is 6.03. The lowest BCUT2D eigenvalue weighted by Crippen LogP contribution is -2.31. The molecule has 0 aliphatic heterocycles. The van der Waals surface area contributed by atoms with Crippen LogP contribution in [0.15, 0.2) is 30.3 Å². The molecule has 1 N–H and O–H groups in total. The second kappa shape index (κ2) is 8.04. The number of benzene rings is 2. The van der Waals surface area contributed by atoms with Gasteiger partial charge in [0.2, 0.25) is 0 Å². The van der Waals surface area contributed by atoms with E-state index in [2.05, 4.69) is 5.32 Å². The zero-order valence-corrected chi connectivity index (χ0v) is 16.1. The third-order valence-corrected chi connectivity index (χ3v) is 4.17. The minimum Gasteiger partial charge on any atom is -0.497 e. The fourth-order valence-electron chi connectivity index (χ4n) is 2.86. The molecule has 0 heterocycles. The number of hydrogen-bond acceptors (Lipinski definition) is 4. The maximum atomic E-state index is 12.6. The van der Waals surface area contributed by atoms with Gasteiger partial charge < -0.3 is 14.8 Å². The van der Waals surface area contributed by atoms with Gasteiger partial charge in [-0.2, -0.15) is 0 Å². The second-order valence-electron chi connectivity index (χ2n) is 6.44. The Labute approximate surface area is 154 Å². The van der Waals surface area contributed by atoms with E-state index in [-0.39, 0.29) is 11.7 Å². The molecule has 2 aromatic rings. The maximum absolute atomic E-state index is 12.6. The first-order chi connectivity index (χ1) is 12.2. The summed E-state index contributed by atoms with van der Waals surface area (Å²) >= 11 is 0. The highest BCUT2D eigenvalue weighted by Gasteiger charge is 2.20. The number of ketones is 1. The van der Waals surface area contributed by atoms with Crippen molar-refractivity contribution >= 4 is 17.4 Å². The number of carbonyl (C=O) groups is 2. The van der Waals surface area contributed by atoms with Gasteiger partial charge in [-0.05, 0) is 57.9 Å². The van der Waals surface area contributed by atoms with Gasteiger partial charge in [0.1, 0.15) is 11.5 Å². The molecule has 2 aromatic carbocycles. The fourth-order valence-corrected chi connectivity index (χ4v) is 2.86. The molecule has 0 radical (unpaired) electrons. The average molecular weight is 355 g/mol. The molecule has 1 unspecified atom stereocenters. The number of aryl methyl sites for hydroxylation is 3. The van der Waals surface area contributed by atoms with Crippen LogP contribution in [0.4, 0.5) is 5.69 Å². The Bertz CT molecular complexity index is 819. The normalized spacial score (nSPS) is 11.6. The lowest BCUT2D eigenvalue weighted by atomic mass is 10.0. The predicted molar refractivity (Wildman–Crippen MR) is 102 cm³/mol. The van der Waals surface area contributed by atoms with Crippen molar-refractivity contribution in [3.63, 3.8) is 0 Å². The highest BCUT2D eigenvalue weighted by Crippen LogP contribution is 2.27. The van der Waals surface area contributed by atoms with Crippen LogP contribution in [0.3, 0.4) is 0 Å². The van der Waals surface area contributed by atoms with E-state index in [0.717, 1.165) is 22.4 Å². The second-order valence-corrected chi connectivity index (χ2v) is 6.44. The minimum atomic E-state index is -0.777. The van der Waals surface area contributed by atoms with Gasteiger partial charge in [0, 0.05) is 11.8 Å². The zero-order valence-electron chi connectivity index (χ0n) is 16.1. The quantitative estimate of drug-likeness (QED) is 0.788. The minimum absolute atomic E-state index is 0.138. The number of methoxy groups -OCH3 is 1. The summed E-state index contributed by atoms with van der Waals surface area (Å²) in [4.78, 5) is 24.4. The van der Waals surface area contributed by atoms with Crippen LogP contribution in [0.2, 0.25) is 0 Å². The van der Waals surface area contributed by atoms with Crippen molar-refractivity contribution in [2.75, 3.05) is 12.4 Å². The monoisotopic (exact) mass is 355 g/mol. The summed E-state index contributed by atoms with van der Waals surface area (Å²) in [6.45, 7) is 9.04. The van der Waals surface area contributed by atoms with E-state index in [9.17, 15) is 9.59 Å². The van der Waals surface area contributed by atoms with Crippen LogP contribution in [-0.4, -0.2) is 24.9 Å². The van der Waals surface area contributed by atoms with E-state index in [1.807, 2.05) is 32.9 Å². The number of amides is 1.